The first-order valence-corrected chi connectivity index (χ1v) is 6.00. The van der Waals surface area contributed by atoms with E-state index in [1.54, 1.807) is 0 Å². The van der Waals surface area contributed by atoms with Crippen LogP contribution in [0.5, 0.6) is 0 Å². The average Bonchev–Trinajstić information content (AvgIpc) is 2.27. The van der Waals surface area contributed by atoms with Crippen LogP contribution in [0.2, 0.25) is 0 Å². The van der Waals surface area contributed by atoms with Crippen molar-refractivity contribution in [1.29, 1.82) is 0 Å². The summed E-state index contributed by atoms with van der Waals surface area (Å²) in [6, 6.07) is 2.48. The Morgan fingerprint density at radius 3 is 2.65 bits per heavy atom. The SMILES string of the molecule is COCCC(C)(O)Cc1c(F)ccc(Br)c1F. The summed E-state index contributed by atoms with van der Waals surface area (Å²) in [5, 5.41) is 10.0. The maximum Gasteiger partial charge on any atom is 0.143 e. The van der Waals surface area contributed by atoms with E-state index in [-0.39, 0.29) is 16.5 Å². The number of ether oxygens (including phenoxy) is 1. The molecular weight excluding hydrogens is 294 g/mol. The maximum atomic E-state index is 13.7. The second-order valence-corrected chi connectivity index (χ2v) is 5.09. The van der Waals surface area contributed by atoms with Crippen molar-refractivity contribution >= 4 is 15.9 Å². The lowest BCUT2D eigenvalue weighted by Crippen LogP contribution is -2.29. The van der Waals surface area contributed by atoms with Crippen LogP contribution in [-0.2, 0) is 11.2 Å². The maximum absolute atomic E-state index is 13.7. The van der Waals surface area contributed by atoms with Crippen molar-refractivity contribution in [3.8, 4) is 0 Å². The smallest absolute Gasteiger partial charge is 0.143 e. The van der Waals surface area contributed by atoms with Crippen molar-refractivity contribution in [2.45, 2.75) is 25.4 Å². The Morgan fingerprint density at radius 2 is 2.06 bits per heavy atom. The zero-order chi connectivity index (χ0) is 13.1. The van der Waals surface area contributed by atoms with Crippen molar-refractivity contribution in [3.63, 3.8) is 0 Å². The fourth-order valence-corrected chi connectivity index (χ4v) is 1.89. The molecule has 1 aromatic rings. The largest absolute Gasteiger partial charge is 0.390 e. The Bertz CT molecular complexity index is 394. The number of aliphatic hydroxyl groups is 1. The average molecular weight is 309 g/mol. The highest BCUT2D eigenvalue weighted by molar-refractivity contribution is 9.10. The molecule has 1 unspecified atom stereocenters. The highest BCUT2D eigenvalue weighted by atomic mass is 79.9. The van der Waals surface area contributed by atoms with Gasteiger partial charge in [-0.15, -0.1) is 0 Å². The molecule has 1 aromatic carbocycles. The zero-order valence-electron chi connectivity index (χ0n) is 9.77. The Hall–Kier alpha value is -0.520. The molecule has 0 saturated carbocycles. The molecule has 0 saturated heterocycles. The van der Waals surface area contributed by atoms with E-state index >= 15 is 0 Å². The van der Waals surface area contributed by atoms with Crippen LogP contribution in [0.15, 0.2) is 16.6 Å². The van der Waals surface area contributed by atoms with E-state index in [0.717, 1.165) is 0 Å². The fraction of sp³-hybridized carbons (Fsp3) is 0.500. The van der Waals surface area contributed by atoms with Gasteiger partial charge in [0.1, 0.15) is 11.6 Å². The summed E-state index contributed by atoms with van der Waals surface area (Å²) in [5.74, 6) is -1.31. The van der Waals surface area contributed by atoms with Gasteiger partial charge in [0, 0.05) is 25.7 Å². The Morgan fingerprint density at radius 1 is 1.41 bits per heavy atom. The molecule has 96 valence electrons. The molecule has 0 aromatic heterocycles. The standard InChI is InChI=1S/C12H15BrF2O2/c1-12(16,5-6-17-2)7-8-10(14)4-3-9(13)11(8)15/h3-4,16H,5-7H2,1-2H3. The first-order chi connectivity index (χ1) is 7.87. The molecule has 0 bridgehead atoms. The molecular formula is C12H15BrF2O2. The van der Waals surface area contributed by atoms with E-state index in [0.29, 0.717) is 13.0 Å². The second-order valence-electron chi connectivity index (χ2n) is 4.24. The molecule has 2 nitrogen and oxygen atoms in total. The molecule has 17 heavy (non-hydrogen) atoms. The molecule has 0 heterocycles. The van der Waals surface area contributed by atoms with Crippen molar-refractivity contribution in [2.75, 3.05) is 13.7 Å². The summed E-state index contributed by atoms with van der Waals surface area (Å²) in [6.07, 6.45) is 0.225. The third-order valence-electron chi connectivity index (χ3n) is 2.54. The van der Waals surface area contributed by atoms with Crippen LogP contribution in [0.25, 0.3) is 0 Å². The summed E-state index contributed by atoms with van der Waals surface area (Å²) >= 11 is 2.99. The number of hydrogen-bond donors (Lipinski definition) is 1. The molecule has 0 fully saturated rings. The summed E-state index contributed by atoms with van der Waals surface area (Å²) in [6.45, 7) is 1.87. The zero-order valence-corrected chi connectivity index (χ0v) is 11.4. The van der Waals surface area contributed by atoms with E-state index in [1.165, 1.54) is 26.2 Å². The molecule has 1 N–H and O–H groups in total. The molecule has 0 radical (unpaired) electrons. The Labute approximate surface area is 108 Å². The summed E-state index contributed by atoms with van der Waals surface area (Å²) in [4.78, 5) is 0. The summed E-state index contributed by atoms with van der Waals surface area (Å²) < 4.78 is 32.2. The van der Waals surface area contributed by atoms with Gasteiger partial charge in [-0.2, -0.15) is 0 Å². The van der Waals surface area contributed by atoms with Crippen molar-refractivity contribution in [2.24, 2.45) is 0 Å². The molecule has 0 aliphatic carbocycles. The van der Waals surface area contributed by atoms with Gasteiger partial charge in [-0.1, -0.05) is 0 Å². The number of methoxy groups -OCH3 is 1. The van der Waals surface area contributed by atoms with Crippen LogP contribution in [0.3, 0.4) is 0 Å². The van der Waals surface area contributed by atoms with Gasteiger partial charge in [0.15, 0.2) is 0 Å². The van der Waals surface area contributed by atoms with Gasteiger partial charge in [0.25, 0.3) is 0 Å². The van der Waals surface area contributed by atoms with Crippen molar-refractivity contribution in [1.82, 2.24) is 0 Å². The molecule has 0 spiro atoms. The highest BCUT2D eigenvalue weighted by Crippen LogP contribution is 2.26. The van der Waals surface area contributed by atoms with Crippen molar-refractivity contribution in [3.05, 3.63) is 33.8 Å². The van der Waals surface area contributed by atoms with Gasteiger partial charge in [-0.25, -0.2) is 8.78 Å². The van der Waals surface area contributed by atoms with Crippen LogP contribution in [-0.4, -0.2) is 24.4 Å². The summed E-state index contributed by atoms with van der Waals surface area (Å²) in [5.41, 5.74) is -1.31. The number of rotatable bonds is 5. The first kappa shape index (κ1) is 14.5. The Balaban J connectivity index is 2.91. The lowest BCUT2D eigenvalue weighted by atomic mass is 9.93. The number of halogens is 3. The van der Waals surface area contributed by atoms with Crippen LogP contribution >= 0.6 is 15.9 Å². The minimum Gasteiger partial charge on any atom is -0.390 e. The number of benzene rings is 1. The molecule has 1 atom stereocenters. The Kier molecular flexibility index (Phi) is 5.04. The van der Waals surface area contributed by atoms with E-state index in [4.69, 9.17) is 4.74 Å². The minimum atomic E-state index is -1.20. The van der Waals surface area contributed by atoms with Crippen LogP contribution in [0, 0.1) is 11.6 Å². The molecule has 1 rings (SSSR count). The molecule has 0 amide bonds. The predicted octanol–water partition coefficient (Wildman–Crippen LogP) is 3.06. The van der Waals surface area contributed by atoms with Gasteiger partial charge < -0.3 is 9.84 Å². The van der Waals surface area contributed by atoms with Crippen LogP contribution in [0.4, 0.5) is 8.78 Å². The van der Waals surface area contributed by atoms with E-state index in [2.05, 4.69) is 15.9 Å². The van der Waals surface area contributed by atoms with E-state index in [9.17, 15) is 13.9 Å². The topological polar surface area (TPSA) is 29.5 Å². The van der Waals surface area contributed by atoms with Gasteiger partial charge in [0.05, 0.1) is 10.1 Å². The predicted molar refractivity (Wildman–Crippen MR) is 64.9 cm³/mol. The lowest BCUT2D eigenvalue weighted by molar-refractivity contribution is 0.0235. The van der Waals surface area contributed by atoms with Gasteiger partial charge >= 0.3 is 0 Å². The minimum absolute atomic E-state index is 0.0898. The van der Waals surface area contributed by atoms with Gasteiger partial charge in [-0.3, -0.25) is 0 Å². The van der Waals surface area contributed by atoms with E-state index in [1.807, 2.05) is 0 Å². The fourth-order valence-electron chi connectivity index (χ4n) is 1.52. The monoisotopic (exact) mass is 308 g/mol. The van der Waals surface area contributed by atoms with Gasteiger partial charge in [-0.05, 0) is 41.4 Å². The number of hydrogen-bond acceptors (Lipinski definition) is 2. The molecule has 0 aliphatic rings. The third kappa shape index (κ3) is 4.01. The highest BCUT2D eigenvalue weighted by Gasteiger charge is 2.25. The van der Waals surface area contributed by atoms with Gasteiger partial charge in [0.2, 0.25) is 0 Å². The molecule has 5 heteroatoms. The summed E-state index contributed by atoms with van der Waals surface area (Å²) in [7, 11) is 1.51. The second kappa shape index (κ2) is 5.89. The first-order valence-electron chi connectivity index (χ1n) is 5.21. The third-order valence-corrected chi connectivity index (χ3v) is 3.15. The normalized spacial score (nSPS) is 14.7. The quantitative estimate of drug-likeness (QED) is 0.847. The van der Waals surface area contributed by atoms with Crippen LogP contribution < -0.4 is 0 Å². The van der Waals surface area contributed by atoms with E-state index < -0.39 is 17.2 Å². The van der Waals surface area contributed by atoms with Crippen molar-refractivity contribution < 1.29 is 18.6 Å². The van der Waals surface area contributed by atoms with Crippen LogP contribution in [0.1, 0.15) is 18.9 Å². The lowest BCUT2D eigenvalue weighted by Gasteiger charge is -2.23. The molecule has 0 aliphatic heterocycles.